The molecule has 0 radical (unpaired) electrons. The van der Waals surface area contributed by atoms with E-state index < -0.39 is 0 Å². The molecule has 2 aromatic heterocycles. The van der Waals surface area contributed by atoms with Gasteiger partial charge in [-0.25, -0.2) is 4.98 Å². The monoisotopic (exact) mass is 345 g/mol. The fraction of sp³-hybridized carbons (Fsp3) is 0.611. The third kappa shape index (κ3) is 2.88. The Morgan fingerprint density at radius 3 is 3.00 bits per heavy atom. The van der Waals surface area contributed by atoms with Crippen LogP contribution in [0.5, 0.6) is 0 Å². The maximum Gasteiger partial charge on any atom is 0.262 e. The van der Waals surface area contributed by atoms with Crippen LogP contribution in [-0.4, -0.2) is 33.4 Å². The summed E-state index contributed by atoms with van der Waals surface area (Å²) in [7, 11) is 0. The summed E-state index contributed by atoms with van der Waals surface area (Å²) >= 11 is 1.64. The molecule has 0 aromatic carbocycles. The van der Waals surface area contributed by atoms with E-state index in [4.69, 9.17) is 0 Å². The lowest BCUT2D eigenvalue weighted by atomic mass is 10.2. The second-order valence-electron chi connectivity index (χ2n) is 7.00. The number of carbonyl (C=O) groups excluding carboxylic acids is 1. The molecular weight excluding hydrogens is 322 g/mol. The molecule has 128 valence electrons. The fourth-order valence-corrected chi connectivity index (χ4v) is 4.80. The van der Waals surface area contributed by atoms with Gasteiger partial charge in [-0.3, -0.25) is 14.2 Å². The minimum Gasteiger partial charge on any atom is -0.341 e. The molecule has 0 spiro atoms. The molecule has 5 nitrogen and oxygen atoms in total. The van der Waals surface area contributed by atoms with Gasteiger partial charge in [-0.05, 0) is 50.0 Å². The third-order valence-electron chi connectivity index (χ3n) is 5.02. The molecule has 24 heavy (non-hydrogen) atoms. The van der Waals surface area contributed by atoms with Crippen molar-refractivity contribution in [3.8, 4) is 0 Å². The minimum absolute atomic E-state index is 0.0406. The molecule has 0 aliphatic heterocycles. The van der Waals surface area contributed by atoms with Crippen LogP contribution < -0.4 is 5.56 Å². The molecule has 0 N–H and O–H groups in total. The molecule has 0 saturated heterocycles. The summed E-state index contributed by atoms with van der Waals surface area (Å²) in [6.07, 6.45) is 8.09. The third-order valence-corrected chi connectivity index (χ3v) is 6.22. The van der Waals surface area contributed by atoms with Gasteiger partial charge in [0.1, 0.15) is 11.4 Å². The largest absolute Gasteiger partial charge is 0.341 e. The lowest BCUT2D eigenvalue weighted by molar-refractivity contribution is -0.132. The summed E-state index contributed by atoms with van der Waals surface area (Å²) in [5, 5.41) is 0.757. The zero-order chi connectivity index (χ0) is 16.7. The maximum atomic E-state index is 12.9. The van der Waals surface area contributed by atoms with Crippen LogP contribution in [0.4, 0.5) is 0 Å². The van der Waals surface area contributed by atoms with Crippen LogP contribution in [0.1, 0.15) is 43.0 Å². The van der Waals surface area contributed by atoms with Gasteiger partial charge in [-0.1, -0.05) is 6.92 Å². The van der Waals surface area contributed by atoms with Crippen LogP contribution in [0.15, 0.2) is 11.1 Å². The van der Waals surface area contributed by atoms with Gasteiger partial charge < -0.3 is 4.90 Å². The van der Waals surface area contributed by atoms with E-state index in [1.807, 2.05) is 4.90 Å². The molecule has 1 fully saturated rings. The number of amides is 1. The van der Waals surface area contributed by atoms with E-state index in [0.717, 1.165) is 49.0 Å². The molecule has 2 aliphatic rings. The molecule has 1 saturated carbocycles. The van der Waals surface area contributed by atoms with Crippen molar-refractivity contribution < 1.29 is 4.79 Å². The molecule has 0 unspecified atom stereocenters. The Hall–Kier alpha value is -1.69. The number of aromatic nitrogens is 2. The Balaban J connectivity index is 1.60. The first-order chi connectivity index (χ1) is 11.7. The number of thiophene rings is 1. The van der Waals surface area contributed by atoms with Crippen LogP contribution in [0.25, 0.3) is 10.2 Å². The summed E-state index contributed by atoms with van der Waals surface area (Å²) in [4.78, 5) is 34.0. The smallest absolute Gasteiger partial charge is 0.262 e. The van der Waals surface area contributed by atoms with Crippen LogP contribution in [0.2, 0.25) is 0 Å². The van der Waals surface area contributed by atoms with Gasteiger partial charge in [0.15, 0.2) is 0 Å². The average Bonchev–Trinajstić information content (AvgIpc) is 3.14. The van der Waals surface area contributed by atoms with E-state index in [1.165, 1.54) is 27.8 Å². The van der Waals surface area contributed by atoms with Crippen molar-refractivity contribution in [3.63, 3.8) is 0 Å². The Morgan fingerprint density at radius 2 is 2.25 bits per heavy atom. The van der Waals surface area contributed by atoms with Crippen LogP contribution in [-0.2, 0) is 24.2 Å². The number of aryl methyl sites for hydroxylation is 2. The number of hydrogen-bond acceptors (Lipinski definition) is 4. The van der Waals surface area contributed by atoms with Crippen LogP contribution >= 0.6 is 11.3 Å². The van der Waals surface area contributed by atoms with Crippen molar-refractivity contribution in [1.82, 2.24) is 14.5 Å². The van der Waals surface area contributed by atoms with E-state index in [0.29, 0.717) is 5.92 Å². The molecule has 2 aliphatic carbocycles. The zero-order valence-corrected chi connectivity index (χ0v) is 14.9. The van der Waals surface area contributed by atoms with Crippen molar-refractivity contribution >= 4 is 27.5 Å². The highest BCUT2D eigenvalue weighted by atomic mass is 32.1. The van der Waals surface area contributed by atoms with Crippen molar-refractivity contribution in [1.29, 1.82) is 0 Å². The normalized spacial score (nSPS) is 16.5. The van der Waals surface area contributed by atoms with E-state index in [2.05, 4.69) is 11.9 Å². The highest BCUT2D eigenvalue weighted by Crippen LogP contribution is 2.34. The van der Waals surface area contributed by atoms with E-state index >= 15 is 0 Å². The SMILES string of the molecule is CCCN(CC1CC1)C(=O)Cn1cnc2sc3c(c2c1=O)CCC3. The first-order valence-corrected chi connectivity index (χ1v) is 9.76. The molecule has 1 amide bonds. The Morgan fingerprint density at radius 1 is 1.42 bits per heavy atom. The number of nitrogens with zero attached hydrogens (tertiary/aromatic N) is 3. The van der Waals surface area contributed by atoms with Crippen molar-refractivity contribution in [3.05, 3.63) is 27.1 Å². The lowest BCUT2D eigenvalue weighted by Crippen LogP contribution is -2.38. The van der Waals surface area contributed by atoms with Gasteiger partial charge in [0, 0.05) is 18.0 Å². The Kier molecular flexibility index (Phi) is 4.16. The summed E-state index contributed by atoms with van der Waals surface area (Å²) in [6.45, 7) is 3.80. The molecule has 6 heteroatoms. The second-order valence-corrected chi connectivity index (χ2v) is 8.08. The van der Waals surface area contributed by atoms with Gasteiger partial charge in [-0.15, -0.1) is 11.3 Å². The summed E-state index contributed by atoms with van der Waals surface area (Å²) in [5.74, 6) is 0.705. The number of carbonyl (C=O) groups is 1. The summed E-state index contributed by atoms with van der Waals surface area (Å²) < 4.78 is 1.51. The van der Waals surface area contributed by atoms with E-state index in [1.54, 1.807) is 17.7 Å². The van der Waals surface area contributed by atoms with E-state index in [-0.39, 0.29) is 18.0 Å². The number of hydrogen-bond donors (Lipinski definition) is 0. The molecule has 4 rings (SSSR count). The average molecular weight is 345 g/mol. The molecule has 2 heterocycles. The predicted octanol–water partition coefficient (Wildman–Crippen LogP) is 2.60. The standard InChI is InChI=1S/C18H23N3O2S/c1-2-8-20(9-12-6-7-12)15(22)10-21-11-19-17-16(18(21)23)13-4-3-5-14(13)24-17/h11-12H,2-10H2,1H3. The number of fused-ring (bicyclic) bond motifs is 3. The minimum atomic E-state index is -0.0457. The van der Waals surface area contributed by atoms with Crippen molar-refractivity contribution in [2.75, 3.05) is 13.1 Å². The zero-order valence-electron chi connectivity index (χ0n) is 14.1. The maximum absolute atomic E-state index is 12.9. The van der Waals surface area contributed by atoms with Crippen LogP contribution in [0, 0.1) is 5.92 Å². The van der Waals surface area contributed by atoms with Crippen molar-refractivity contribution in [2.24, 2.45) is 5.92 Å². The molecule has 0 atom stereocenters. The number of rotatable bonds is 6. The lowest BCUT2D eigenvalue weighted by Gasteiger charge is -2.22. The summed E-state index contributed by atoms with van der Waals surface area (Å²) in [6, 6.07) is 0. The molecular formula is C18H23N3O2S. The second kappa shape index (κ2) is 6.31. The first-order valence-electron chi connectivity index (χ1n) is 8.94. The molecule has 0 bridgehead atoms. The fourth-order valence-electron chi connectivity index (χ4n) is 3.58. The van der Waals surface area contributed by atoms with Gasteiger partial charge in [0.05, 0.1) is 11.7 Å². The Labute approximate surface area is 145 Å². The van der Waals surface area contributed by atoms with Gasteiger partial charge in [0.25, 0.3) is 5.56 Å². The van der Waals surface area contributed by atoms with Crippen molar-refractivity contribution in [2.45, 2.75) is 52.0 Å². The predicted molar refractivity (Wildman–Crippen MR) is 95.5 cm³/mol. The van der Waals surface area contributed by atoms with Gasteiger partial charge in [-0.2, -0.15) is 0 Å². The van der Waals surface area contributed by atoms with Crippen LogP contribution in [0.3, 0.4) is 0 Å². The van der Waals surface area contributed by atoms with E-state index in [9.17, 15) is 9.59 Å². The first kappa shape index (κ1) is 15.8. The highest BCUT2D eigenvalue weighted by molar-refractivity contribution is 7.18. The Bertz CT molecular complexity index is 835. The highest BCUT2D eigenvalue weighted by Gasteiger charge is 2.27. The van der Waals surface area contributed by atoms with Gasteiger partial charge in [0.2, 0.25) is 5.91 Å². The van der Waals surface area contributed by atoms with Gasteiger partial charge >= 0.3 is 0 Å². The topological polar surface area (TPSA) is 55.2 Å². The summed E-state index contributed by atoms with van der Waals surface area (Å²) in [5.41, 5.74) is 1.13. The quantitative estimate of drug-likeness (QED) is 0.809. The molecule has 2 aromatic rings.